The fourth-order valence-corrected chi connectivity index (χ4v) is 5.10. The van der Waals surface area contributed by atoms with Crippen LogP contribution in [0.15, 0.2) is 0 Å². The summed E-state index contributed by atoms with van der Waals surface area (Å²) in [5, 5.41) is 2.75. The number of alkyl carbamates (subject to hydrolysis) is 1. The molecule has 1 unspecified atom stereocenters. The standard InChI is InChI=1S/C15H29N3O4S/c1-3-22-15(19)16-13-8-7-11-18(12-13)23(20,21)17(2)14-9-5-4-6-10-14/h13-14H,3-12H2,1-2H3,(H,16,19). The zero-order valence-corrected chi connectivity index (χ0v) is 15.0. The molecule has 8 heteroatoms. The summed E-state index contributed by atoms with van der Waals surface area (Å²) in [5.41, 5.74) is 0. The summed E-state index contributed by atoms with van der Waals surface area (Å²) in [6, 6.07) is -0.0792. The predicted octanol–water partition coefficient (Wildman–Crippen LogP) is 1.71. The molecule has 2 rings (SSSR count). The molecular weight excluding hydrogens is 318 g/mol. The second-order valence-corrected chi connectivity index (χ2v) is 8.37. The zero-order chi connectivity index (χ0) is 16.9. The van der Waals surface area contributed by atoms with Crippen molar-refractivity contribution in [2.24, 2.45) is 0 Å². The zero-order valence-electron chi connectivity index (χ0n) is 14.2. The van der Waals surface area contributed by atoms with Gasteiger partial charge in [-0.3, -0.25) is 0 Å². The maximum atomic E-state index is 12.8. The summed E-state index contributed by atoms with van der Waals surface area (Å²) in [6.07, 6.45) is 6.31. The lowest BCUT2D eigenvalue weighted by molar-refractivity contribution is 0.141. The lowest BCUT2D eigenvalue weighted by Crippen LogP contribution is -2.54. The molecule has 2 fully saturated rings. The van der Waals surface area contributed by atoms with E-state index in [4.69, 9.17) is 4.74 Å². The Balaban J connectivity index is 1.96. The number of nitrogens with zero attached hydrogens (tertiary/aromatic N) is 2. The fraction of sp³-hybridized carbons (Fsp3) is 0.933. The minimum atomic E-state index is -3.47. The van der Waals surface area contributed by atoms with Gasteiger partial charge in [-0.2, -0.15) is 17.0 Å². The molecule has 1 atom stereocenters. The molecule has 0 bridgehead atoms. The number of piperidine rings is 1. The van der Waals surface area contributed by atoms with E-state index >= 15 is 0 Å². The van der Waals surface area contributed by atoms with Crippen LogP contribution in [0.5, 0.6) is 0 Å². The lowest BCUT2D eigenvalue weighted by Gasteiger charge is -2.38. The first-order valence-corrected chi connectivity index (χ1v) is 10.0. The predicted molar refractivity (Wildman–Crippen MR) is 88.3 cm³/mol. The Morgan fingerprint density at radius 1 is 1.22 bits per heavy atom. The Kier molecular flexibility index (Phi) is 6.67. The first-order valence-electron chi connectivity index (χ1n) is 8.61. The van der Waals surface area contributed by atoms with E-state index in [-0.39, 0.29) is 12.1 Å². The van der Waals surface area contributed by atoms with Gasteiger partial charge < -0.3 is 10.1 Å². The third-order valence-electron chi connectivity index (χ3n) is 4.76. The Labute approximate surface area is 139 Å². The third kappa shape index (κ3) is 4.81. The minimum absolute atomic E-state index is 0.104. The van der Waals surface area contributed by atoms with Gasteiger partial charge in [-0.1, -0.05) is 19.3 Å². The van der Waals surface area contributed by atoms with Crippen LogP contribution in [0.25, 0.3) is 0 Å². The molecule has 23 heavy (non-hydrogen) atoms. The number of hydrogen-bond donors (Lipinski definition) is 1. The summed E-state index contributed by atoms with van der Waals surface area (Å²) in [7, 11) is -1.78. The van der Waals surface area contributed by atoms with Gasteiger partial charge in [-0.05, 0) is 32.6 Å². The molecule has 1 aliphatic carbocycles. The molecule has 0 aromatic heterocycles. The van der Waals surface area contributed by atoms with Gasteiger partial charge in [0.25, 0.3) is 10.2 Å². The Bertz CT molecular complexity index is 491. The number of nitrogens with one attached hydrogen (secondary N) is 1. The Morgan fingerprint density at radius 2 is 1.91 bits per heavy atom. The van der Waals surface area contributed by atoms with Crippen molar-refractivity contribution in [1.29, 1.82) is 0 Å². The normalized spacial score (nSPS) is 24.6. The van der Waals surface area contributed by atoms with E-state index in [1.807, 2.05) is 0 Å². The van der Waals surface area contributed by atoms with Gasteiger partial charge in [0, 0.05) is 32.2 Å². The molecule has 2 aliphatic rings. The smallest absolute Gasteiger partial charge is 0.407 e. The molecule has 134 valence electrons. The van der Waals surface area contributed by atoms with Crippen molar-refractivity contribution in [2.75, 3.05) is 26.7 Å². The van der Waals surface area contributed by atoms with Crippen LogP contribution in [0.4, 0.5) is 4.79 Å². The van der Waals surface area contributed by atoms with Crippen LogP contribution in [0, 0.1) is 0 Å². The quantitative estimate of drug-likeness (QED) is 0.821. The maximum Gasteiger partial charge on any atom is 0.407 e. The van der Waals surface area contributed by atoms with Crippen LogP contribution in [0.2, 0.25) is 0 Å². The summed E-state index contributed by atoms with van der Waals surface area (Å²) >= 11 is 0. The average molecular weight is 347 g/mol. The number of rotatable bonds is 5. The molecule has 1 heterocycles. The molecule has 0 aromatic rings. The molecule has 7 nitrogen and oxygen atoms in total. The largest absolute Gasteiger partial charge is 0.450 e. The van der Waals surface area contributed by atoms with Crippen molar-refractivity contribution in [2.45, 2.75) is 64.0 Å². The maximum absolute atomic E-state index is 12.8. The fourth-order valence-electron chi connectivity index (χ4n) is 3.42. The van der Waals surface area contributed by atoms with Gasteiger partial charge in [0.2, 0.25) is 0 Å². The number of carbonyl (C=O) groups excluding carboxylic acids is 1. The van der Waals surface area contributed by atoms with E-state index in [2.05, 4.69) is 5.32 Å². The number of amides is 1. The molecule has 1 amide bonds. The van der Waals surface area contributed by atoms with Crippen LogP contribution < -0.4 is 5.32 Å². The van der Waals surface area contributed by atoms with Crippen molar-refractivity contribution in [3.05, 3.63) is 0 Å². The highest BCUT2D eigenvalue weighted by Gasteiger charge is 2.35. The molecule has 1 N–H and O–H groups in total. The summed E-state index contributed by atoms with van der Waals surface area (Å²) in [4.78, 5) is 11.5. The SMILES string of the molecule is CCOC(=O)NC1CCCN(S(=O)(=O)N(C)C2CCCCC2)C1. The molecule has 0 aromatic carbocycles. The van der Waals surface area contributed by atoms with E-state index in [0.29, 0.717) is 19.7 Å². The summed E-state index contributed by atoms with van der Waals surface area (Å²) in [5.74, 6) is 0. The van der Waals surface area contributed by atoms with Gasteiger partial charge in [0.05, 0.1) is 6.61 Å². The number of ether oxygens (including phenoxy) is 1. The lowest BCUT2D eigenvalue weighted by atomic mass is 9.96. The highest BCUT2D eigenvalue weighted by Crippen LogP contribution is 2.26. The molecule has 1 aliphatic heterocycles. The third-order valence-corrected chi connectivity index (χ3v) is 6.77. The van der Waals surface area contributed by atoms with Gasteiger partial charge >= 0.3 is 6.09 Å². The highest BCUT2D eigenvalue weighted by molar-refractivity contribution is 7.86. The molecule has 1 saturated carbocycles. The van der Waals surface area contributed by atoms with Crippen molar-refractivity contribution < 1.29 is 17.9 Å². The molecule has 1 saturated heterocycles. The van der Waals surface area contributed by atoms with Crippen molar-refractivity contribution in [3.8, 4) is 0 Å². The molecule has 0 spiro atoms. The van der Waals surface area contributed by atoms with Crippen molar-refractivity contribution in [3.63, 3.8) is 0 Å². The first kappa shape index (κ1) is 18.5. The van der Waals surface area contributed by atoms with Crippen LogP contribution in [-0.2, 0) is 14.9 Å². The van der Waals surface area contributed by atoms with Gasteiger partial charge in [0.15, 0.2) is 0 Å². The Morgan fingerprint density at radius 3 is 2.57 bits per heavy atom. The highest BCUT2D eigenvalue weighted by atomic mass is 32.2. The van der Waals surface area contributed by atoms with Crippen LogP contribution >= 0.6 is 0 Å². The van der Waals surface area contributed by atoms with Gasteiger partial charge in [-0.15, -0.1) is 0 Å². The number of carbonyl (C=O) groups is 1. The van der Waals surface area contributed by atoms with E-state index in [0.717, 1.165) is 38.5 Å². The van der Waals surface area contributed by atoms with E-state index < -0.39 is 16.3 Å². The summed E-state index contributed by atoms with van der Waals surface area (Å²) < 4.78 is 33.6. The van der Waals surface area contributed by atoms with Crippen LogP contribution in [-0.4, -0.2) is 61.9 Å². The molecular formula is C15H29N3O4S. The van der Waals surface area contributed by atoms with E-state index in [1.165, 1.54) is 10.7 Å². The number of hydrogen-bond acceptors (Lipinski definition) is 4. The average Bonchev–Trinajstić information content (AvgIpc) is 2.55. The van der Waals surface area contributed by atoms with Crippen molar-refractivity contribution in [1.82, 2.24) is 13.9 Å². The first-order chi connectivity index (χ1) is 10.9. The van der Waals surface area contributed by atoms with E-state index in [1.54, 1.807) is 18.3 Å². The molecule has 0 radical (unpaired) electrons. The van der Waals surface area contributed by atoms with E-state index in [9.17, 15) is 13.2 Å². The monoisotopic (exact) mass is 347 g/mol. The van der Waals surface area contributed by atoms with Gasteiger partial charge in [0.1, 0.15) is 0 Å². The summed E-state index contributed by atoms with van der Waals surface area (Å²) in [6.45, 7) is 2.89. The second-order valence-electron chi connectivity index (χ2n) is 6.38. The second kappa shape index (κ2) is 8.30. The van der Waals surface area contributed by atoms with Crippen molar-refractivity contribution >= 4 is 16.3 Å². The van der Waals surface area contributed by atoms with Crippen LogP contribution in [0.1, 0.15) is 51.9 Å². The van der Waals surface area contributed by atoms with Gasteiger partial charge in [-0.25, -0.2) is 4.79 Å². The minimum Gasteiger partial charge on any atom is -0.450 e. The van der Waals surface area contributed by atoms with Crippen LogP contribution in [0.3, 0.4) is 0 Å². The topological polar surface area (TPSA) is 79.0 Å². The Hall–Kier alpha value is -0.860.